The maximum absolute atomic E-state index is 5.38. The molecule has 0 amide bonds. The van der Waals surface area contributed by atoms with Crippen molar-refractivity contribution in [3.05, 3.63) is 0 Å². The molecule has 2 fully saturated rings. The van der Waals surface area contributed by atoms with E-state index < -0.39 is 0 Å². The van der Waals surface area contributed by atoms with Crippen molar-refractivity contribution in [1.82, 2.24) is 5.32 Å². The summed E-state index contributed by atoms with van der Waals surface area (Å²) in [4.78, 5) is 0. The lowest BCUT2D eigenvalue weighted by Gasteiger charge is -2.25. The fourth-order valence-corrected chi connectivity index (χ4v) is 3.71. The van der Waals surface area contributed by atoms with Crippen LogP contribution < -0.4 is 5.32 Å². The van der Waals surface area contributed by atoms with Crippen LogP contribution in [0.4, 0.5) is 0 Å². The number of hydrogen-bond donors (Lipinski definition) is 1. The number of thioether (sulfide) groups is 1. The number of ether oxygens (including phenoxy) is 1. The van der Waals surface area contributed by atoms with Crippen molar-refractivity contribution in [2.45, 2.75) is 42.6 Å². The van der Waals surface area contributed by atoms with Crippen LogP contribution in [0, 0.1) is 0 Å². The first-order valence-corrected chi connectivity index (χ1v) is 6.83. The van der Waals surface area contributed by atoms with E-state index in [2.05, 4.69) is 17.1 Å². The lowest BCUT2D eigenvalue weighted by molar-refractivity contribution is 0.0999. The molecule has 0 spiro atoms. The molecule has 14 heavy (non-hydrogen) atoms. The first-order chi connectivity index (χ1) is 6.95. The van der Waals surface area contributed by atoms with Crippen LogP contribution in [0.25, 0.3) is 0 Å². The Morgan fingerprint density at radius 1 is 1.00 bits per heavy atom. The molecule has 0 aliphatic carbocycles. The molecule has 2 heterocycles. The molecule has 0 saturated carbocycles. The Kier molecular flexibility index (Phi) is 4.61. The minimum Gasteiger partial charge on any atom is -0.381 e. The van der Waals surface area contributed by atoms with Crippen molar-refractivity contribution in [3.63, 3.8) is 0 Å². The summed E-state index contributed by atoms with van der Waals surface area (Å²) in [6.07, 6.45) is 6.72. The summed E-state index contributed by atoms with van der Waals surface area (Å²) in [7, 11) is 0. The molecule has 0 aromatic carbocycles. The summed E-state index contributed by atoms with van der Waals surface area (Å²) in [5.74, 6) is 0. The number of rotatable bonds is 2. The zero-order chi connectivity index (χ0) is 9.64. The van der Waals surface area contributed by atoms with Gasteiger partial charge in [-0.3, -0.25) is 0 Å². The fraction of sp³-hybridized carbons (Fsp3) is 1.00. The number of hydrogen-bond acceptors (Lipinski definition) is 3. The van der Waals surface area contributed by atoms with Gasteiger partial charge < -0.3 is 10.1 Å². The van der Waals surface area contributed by atoms with Crippen molar-refractivity contribution < 1.29 is 4.74 Å². The van der Waals surface area contributed by atoms with Gasteiger partial charge in [0, 0.05) is 30.3 Å². The maximum atomic E-state index is 5.38. The zero-order valence-electron chi connectivity index (χ0n) is 8.84. The first kappa shape index (κ1) is 10.8. The molecule has 0 bridgehead atoms. The Bertz CT molecular complexity index is 151. The first-order valence-electron chi connectivity index (χ1n) is 5.89. The SMILES string of the molecule is C1CCC(SC2CCOCC2)CNC1. The van der Waals surface area contributed by atoms with Crippen LogP contribution in [0.3, 0.4) is 0 Å². The van der Waals surface area contributed by atoms with Crippen LogP contribution in [0.15, 0.2) is 0 Å². The van der Waals surface area contributed by atoms with Crippen LogP contribution in [0.5, 0.6) is 0 Å². The highest BCUT2D eigenvalue weighted by atomic mass is 32.2. The average Bonchev–Trinajstić information content (AvgIpc) is 2.48. The predicted molar refractivity (Wildman–Crippen MR) is 61.9 cm³/mol. The highest BCUT2D eigenvalue weighted by molar-refractivity contribution is 8.00. The molecule has 1 atom stereocenters. The molecule has 2 aliphatic heterocycles. The van der Waals surface area contributed by atoms with Crippen molar-refractivity contribution in [2.24, 2.45) is 0 Å². The summed E-state index contributed by atoms with van der Waals surface area (Å²) in [5, 5.41) is 5.27. The lowest BCUT2D eigenvalue weighted by atomic mass is 10.2. The summed E-state index contributed by atoms with van der Waals surface area (Å²) < 4.78 is 5.38. The van der Waals surface area contributed by atoms with Crippen LogP contribution in [0.2, 0.25) is 0 Å². The van der Waals surface area contributed by atoms with Gasteiger partial charge in [-0.05, 0) is 32.2 Å². The minimum atomic E-state index is 0.862. The van der Waals surface area contributed by atoms with E-state index in [9.17, 15) is 0 Å². The summed E-state index contributed by atoms with van der Waals surface area (Å²) in [6, 6.07) is 0. The average molecular weight is 215 g/mol. The van der Waals surface area contributed by atoms with Crippen LogP contribution in [-0.2, 0) is 4.74 Å². The van der Waals surface area contributed by atoms with Gasteiger partial charge in [-0.25, -0.2) is 0 Å². The monoisotopic (exact) mass is 215 g/mol. The van der Waals surface area contributed by atoms with E-state index in [1.165, 1.54) is 45.2 Å². The molecule has 2 rings (SSSR count). The fourth-order valence-electron chi connectivity index (χ4n) is 2.19. The predicted octanol–water partition coefficient (Wildman–Crippen LogP) is 2.04. The van der Waals surface area contributed by atoms with Crippen molar-refractivity contribution >= 4 is 11.8 Å². The largest absolute Gasteiger partial charge is 0.381 e. The molecular weight excluding hydrogens is 194 g/mol. The second-order valence-corrected chi connectivity index (χ2v) is 5.88. The standard InChI is InChI=1S/C11H21NOS/c1-2-6-12-9-11(3-1)14-10-4-7-13-8-5-10/h10-12H,1-9H2. The molecule has 82 valence electrons. The topological polar surface area (TPSA) is 21.3 Å². The van der Waals surface area contributed by atoms with Gasteiger partial charge in [0.05, 0.1) is 0 Å². The van der Waals surface area contributed by atoms with E-state index in [4.69, 9.17) is 4.74 Å². The highest BCUT2D eigenvalue weighted by Gasteiger charge is 2.20. The molecule has 1 N–H and O–H groups in total. The van der Waals surface area contributed by atoms with Gasteiger partial charge in [-0.2, -0.15) is 11.8 Å². The third-order valence-corrected chi connectivity index (χ3v) is 4.70. The summed E-state index contributed by atoms with van der Waals surface area (Å²) in [6.45, 7) is 4.42. The molecule has 0 aromatic heterocycles. The minimum absolute atomic E-state index is 0.862. The van der Waals surface area contributed by atoms with E-state index >= 15 is 0 Å². The third kappa shape index (κ3) is 3.44. The molecule has 2 aliphatic rings. The maximum Gasteiger partial charge on any atom is 0.0476 e. The Labute approximate surface area is 91.2 Å². The molecular formula is C11H21NOS. The molecule has 2 nitrogen and oxygen atoms in total. The molecule has 0 radical (unpaired) electrons. The highest BCUT2D eigenvalue weighted by Crippen LogP contribution is 2.29. The van der Waals surface area contributed by atoms with E-state index in [-0.39, 0.29) is 0 Å². The van der Waals surface area contributed by atoms with Crippen molar-refractivity contribution in [3.8, 4) is 0 Å². The van der Waals surface area contributed by atoms with Gasteiger partial charge in [-0.15, -0.1) is 0 Å². The van der Waals surface area contributed by atoms with Crippen LogP contribution in [0.1, 0.15) is 32.1 Å². The second-order valence-electron chi connectivity index (χ2n) is 4.27. The Morgan fingerprint density at radius 2 is 1.86 bits per heavy atom. The Hall–Kier alpha value is 0.270. The van der Waals surface area contributed by atoms with E-state index in [1.54, 1.807) is 0 Å². The van der Waals surface area contributed by atoms with E-state index in [1.807, 2.05) is 0 Å². The van der Waals surface area contributed by atoms with Crippen molar-refractivity contribution in [1.29, 1.82) is 0 Å². The molecule has 0 aromatic rings. The smallest absolute Gasteiger partial charge is 0.0476 e. The van der Waals surface area contributed by atoms with Crippen LogP contribution >= 0.6 is 11.8 Å². The van der Waals surface area contributed by atoms with E-state index in [0.29, 0.717) is 0 Å². The van der Waals surface area contributed by atoms with Gasteiger partial charge in [0.2, 0.25) is 0 Å². The van der Waals surface area contributed by atoms with Gasteiger partial charge in [0.1, 0.15) is 0 Å². The number of nitrogens with one attached hydrogen (secondary N) is 1. The van der Waals surface area contributed by atoms with Gasteiger partial charge in [0.15, 0.2) is 0 Å². The Balaban J connectivity index is 1.71. The van der Waals surface area contributed by atoms with Gasteiger partial charge in [0.25, 0.3) is 0 Å². The third-order valence-electron chi connectivity index (χ3n) is 3.05. The van der Waals surface area contributed by atoms with Crippen LogP contribution in [-0.4, -0.2) is 36.8 Å². The molecule has 2 saturated heterocycles. The molecule has 3 heteroatoms. The normalized spacial score (nSPS) is 31.3. The summed E-state index contributed by atoms with van der Waals surface area (Å²) in [5.41, 5.74) is 0. The van der Waals surface area contributed by atoms with E-state index in [0.717, 1.165) is 23.7 Å². The van der Waals surface area contributed by atoms with Crippen molar-refractivity contribution in [2.75, 3.05) is 26.3 Å². The van der Waals surface area contributed by atoms with Gasteiger partial charge in [-0.1, -0.05) is 6.42 Å². The zero-order valence-corrected chi connectivity index (χ0v) is 9.65. The van der Waals surface area contributed by atoms with Gasteiger partial charge >= 0.3 is 0 Å². The second kappa shape index (κ2) is 5.99. The molecule has 1 unspecified atom stereocenters. The Morgan fingerprint density at radius 3 is 2.71 bits per heavy atom. The lowest BCUT2D eigenvalue weighted by Crippen LogP contribution is -2.26. The quantitative estimate of drug-likeness (QED) is 0.761. The summed E-state index contributed by atoms with van der Waals surface area (Å²) >= 11 is 2.21.